The summed E-state index contributed by atoms with van der Waals surface area (Å²) in [4.78, 5) is 6.65. The average molecular weight is 422 g/mol. The van der Waals surface area contributed by atoms with Crippen molar-refractivity contribution in [3.63, 3.8) is 0 Å². The van der Waals surface area contributed by atoms with Gasteiger partial charge in [-0.05, 0) is 31.1 Å². The van der Waals surface area contributed by atoms with Gasteiger partial charge in [0, 0.05) is 20.1 Å². The second-order valence-corrected chi connectivity index (χ2v) is 5.48. The fraction of sp³-hybridized carbons (Fsp3) is 0.688. The number of aliphatic imine (C=N–C) groups is 1. The predicted molar refractivity (Wildman–Crippen MR) is 104 cm³/mol. The Balaban J connectivity index is 0.00000441. The van der Waals surface area contributed by atoms with Gasteiger partial charge in [-0.1, -0.05) is 27.7 Å². The Morgan fingerprint density at radius 3 is 2.32 bits per heavy atom. The van der Waals surface area contributed by atoms with Gasteiger partial charge < -0.3 is 15.1 Å². The first-order valence-electron chi connectivity index (χ1n) is 7.84. The van der Waals surface area contributed by atoms with Crippen LogP contribution in [0.25, 0.3) is 0 Å². The summed E-state index contributed by atoms with van der Waals surface area (Å²) in [6.45, 7) is 12.4. The maximum Gasteiger partial charge on any atom is 0.191 e. The number of guanidine groups is 1. The predicted octanol–water partition coefficient (Wildman–Crippen LogP) is 3.10. The normalized spacial score (nSPS) is 13.1. The van der Waals surface area contributed by atoms with E-state index in [9.17, 15) is 0 Å². The molecule has 1 rings (SSSR count). The molecule has 0 radical (unpaired) electrons. The standard InChI is InChI=1S/C16H30N4O.HI/c1-6-20(7-2)14(15-9-8-10-21-15)12-19-16(17-5)18-11-13(3)4;/h8-10,13-14H,6-7,11-12H2,1-5H3,(H2,17,18,19);1H. The largest absolute Gasteiger partial charge is 0.468 e. The minimum Gasteiger partial charge on any atom is -0.468 e. The number of nitrogens with zero attached hydrogens (tertiary/aromatic N) is 2. The zero-order valence-corrected chi connectivity index (χ0v) is 16.8. The molecule has 0 saturated heterocycles. The van der Waals surface area contributed by atoms with E-state index >= 15 is 0 Å². The lowest BCUT2D eigenvalue weighted by molar-refractivity contribution is 0.193. The summed E-state index contributed by atoms with van der Waals surface area (Å²) in [5, 5.41) is 6.73. The topological polar surface area (TPSA) is 52.8 Å². The average Bonchev–Trinajstić information content (AvgIpc) is 3.00. The van der Waals surface area contributed by atoms with Gasteiger partial charge in [0.25, 0.3) is 0 Å². The summed E-state index contributed by atoms with van der Waals surface area (Å²) in [5.41, 5.74) is 0. The van der Waals surface area contributed by atoms with Crippen molar-refractivity contribution in [2.45, 2.75) is 33.7 Å². The zero-order valence-electron chi connectivity index (χ0n) is 14.4. The van der Waals surface area contributed by atoms with Crippen LogP contribution in [0.1, 0.15) is 39.5 Å². The van der Waals surface area contributed by atoms with Crippen LogP contribution < -0.4 is 10.6 Å². The third-order valence-electron chi connectivity index (χ3n) is 3.49. The van der Waals surface area contributed by atoms with E-state index in [4.69, 9.17) is 4.42 Å². The zero-order chi connectivity index (χ0) is 15.7. The fourth-order valence-electron chi connectivity index (χ4n) is 2.27. The molecule has 6 heteroatoms. The molecule has 22 heavy (non-hydrogen) atoms. The number of hydrogen-bond acceptors (Lipinski definition) is 3. The number of halogens is 1. The SMILES string of the molecule is CCN(CC)C(CNC(=NC)NCC(C)C)c1ccco1.I. The van der Waals surface area contributed by atoms with Gasteiger partial charge in [-0.25, -0.2) is 0 Å². The van der Waals surface area contributed by atoms with Crippen molar-refractivity contribution in [1.29, 1.82) is 0 Å². The molecule has 0 fully saturated rings. The van der Waals surface area contributed by atoms with Gasteiger partial charge in [0.1, 0.15) is 5.76 Å². The number of rotatable bonds is 8. The summed E-state index contributed by atoms with van der Waals surface area (Å²) < 4.78 is 5.60. The molecule has 0 bridgehead atoms. The molecule has 0 saturated carbocycles. The van der Waals surface area contributed by atoms with E-state index in [2.05, 4.69) is 48.2 Å². The lowest BCUT2D eigenvalue weighted by Gasteiger charge is -2.29. The first kappa shape index (κ1) is 21.2. The lowest BCUT2D eigenvalue weighted by atomic mass is 10.2. The van der Waals surface area contributed by atoms with Crippen molar-refractivity contribution >= 4 is 29.9 Å². The van der Waals surface area contributed by atoms with Crippen molar-refractivity contribution in [3.8, 4) is 0 Å². The highest BCUT2D eigenvalue weighted by Gasteiger charge is 2.20. The van der Waals surface area contributed by atoms with E-state index < -0.39 is 0 Å². The molecule has 1 aromatic rings. The van der Waals surface area contributed by atoms with Gasteiger partial charge in [0.05, 0.1) is 12.3 Å². The van der Waals surface area contributed by atoms with Crippen molar-refractivity contribution in [3.05, 3.63) is 24.2 Å². The molecule has 0 amide bonds. The van der Waals surface area contributed by atoms with E-state index in [0.717, 1.165) is 37.9 Å². The van der Waals surface area contributed by atoms with Gasteiger partial charge in [-0.15, -0.1) is 24.0 Å². The summed E-state index contributed by atoms with van der Waals surface area (Å²) in [5.74, 6) is 2.42. The molecule has 1 aromatic heterocycles. The maximum absolute atomic E-state index is 5.60. The number of likely N-dealkylation sites (N-methyl/N-ethyl adjacent to an activating group) is 1. The van der Waals surface area contributed by atoms with E-state index in [1.165, 1.54) is 0 Å². The van der Waals surface area contributed by atoms with Crippen LogP contribution in [0.15, 0.2) is 27.8 Å². The molecule has 0 aromatic carbocycles. The van der Waals surface area contributed by atoms with Gasteiger partial charge in [0.2, 0.25) is 0 Å². The highest BCUT2D eigenvalue weighted by molar-refractivity contribution is 14.0. The molecule has 2 N–H and O–H groups in total. The van der Waals surface area contributed by atoms with Crippen LogP contribution in [0, 0.1) is 5.92 Å². The summed E-state index contributed by atoms with van der Waals surface area (Å²) >= 11 is 0. The van der Waals surface area contributed by atoms with Gasteiger partial charge in [-0.3, -0.25) is 9.89 Å². The van der Waals surface area contributed by atoms with Crippen LogP contribution in [0.5, 0.6) is 0 Å². The van der Waals surface area contributed by atoms with Crippen molar-refractivity contribution in [1.82, 2.24) is 15.5 Å². The molecular formula is C16H31IN4O. The van der Waals surface area contributed by atoms with Crippen LogP contribution in [0.2, 0.25) is 0 Å². The first-order chi connectivity index (χ1) is 10.1. The molecule has 1 atom stereocenters. The third kappa shape index (κ3) is 7.00. The molecule has 0 spiro atoms. The summed E-state index contributed by atoms with van der Waals surface area (Å²) in [6, 6.07) is 4.19. The minimum absolute atomic E-state index is 0. The van der Waals surface area contributed by atoms with Crippen LogP contribution in [-0.2, 0) is 0 Å². The van der Waals surface area contributed by atoms with Crippen LogP contribution >= 0.6 is 24.0 Å². The van der Waals surface area contributed by atoms with E-state index in [1.807, 2.05) is 12.1 Å². The van der Waals surface area contributed by atoms with E-state index in [0.29, 0.717) is 5.92 Å². The summed E-state index contributed by atoms with van der Waals surface area (Å²) in [7, 11) is 1.80. The van der Waals surface area contributed by atoms with Crippen LogP contribution in [0.3, 0.4) is 0 Å². The quantitative estimate of drug-likeness (QED) is 0.384. The van der Waals surface area contributed by atoms with Crippen LogP contribution in [0.4, 0.5) is 0 Å². The summed E-state index contributed by atoms with van der Waals surface area (Å²) in [6.07, 6.45) is 1.73. The van der Waals surface area contributed by atoms with Crippen molar-refractivity contribution in [2.75, 3.05) is 33.2 Å². The number of hydrogen-bond donors (Lipinski definition) is 2. The Labute approximate surface area is 152 Å². The Morgan fingerprint density at radius 2 is 1.86 bits per heavy atom. The molecule has 5 nitrogen and oxygen atoms in total. The monoisotopic (exact) mass is 422 g/mol. The van der Waals surface area contributed by atoms with Crippen LogP contribution in [-0.4, -0.2) is 44.1 Å². The van der Waals surface area contributed by atoms with Gasteiger partial charge >= 0.3 is 0 Å². The van der Waals surface area contributed by atoms with E-state index in [-0.39, 0.29) is 30.0 Å². The lowest BCUT2D eigenvalue weighted by Crippen LogP contribution is -2.44. The molecular weight excluding hydrogens is 391 g/mol. The molecule has 0 aliphatic heterocycles. The Kier molecular flexibility index (Phi) is 11.4. The Morgan fingerprint density at radius 1 is 1.23 bits per heavy atom. The van der Waals surface area contributed by atoms with E-state index in [1.54, 1.807) is 13.3 Å². The number of furan rings is 1. The Hall–Kier alpha value is -0.760. The second kappa shape index (κ2) is 11.8. The van der Waals surface area contributed by atoms with Crippen molar-refractivity contribution in [2.24, 2.45) is 10.9 Å². The first-order valence-corrected chi connectivity index (χ1v) is 7.84. The molecule has 1 unspecified atom stereocenters. The Bertz CT molecular complexity index is 402. The smallest absolute Gasteiger partial charge is 0.191 e. The molecule has 0 aliphatic carbocycles. The molecule has 1 heterocycles. The third-order valence-corrected chi connectivity index (χ3v) is 3.49. The minimum atomic E-state index is 0. The van der Waals surface area contributed by atoms with Gasteiger partial charge in [0.15, 0.2) is 5.96 Å². The highest BCUT2D eigenvalue weighted by atomic mass is 127. The fourth-order valence-corrected chi connectivity index (χ4v) is 2.27. The molecule has 0 aliphatic rings. The number of nitrogens with one attached hydrogen (secondary N) is 2. The van der Waals surface area contributed by atoms with Gasteiger partial charge in [-0.2, -0.15) is 0 Å². The van der Waals surface area contributed by atoms with Crippen molar-refractivity contribution < 1.29 is 4.42 Å². The second-order valence-electron chi connectivity index (χ2n) is 5.48. The highest BCUT2D eigenvalue weighted by Crippen LogP contribution is 2.20. The molecule has 128 valence electrons. The maximum atomic E-state index is 5.60.